The molecule has 9 heteroatoms. The number of nitriles is 1. The molecule has 0 radical (unpaired) electrons. The van der Waals surface area contributed by atoms with Gasteiger partial charge in [0.1, 0.15) is 17.9 Å². The third-order valence-electron chi connectivity index (χ3n) is 7.77. The Labute approximate surface area is 199 Å². The van der Waals surface area contributed by atoms with Gasteiger partial charge in [0.2, 0.25) is 11.8 Å². The maximum absolute atomic E-state index is 12.7. The van der Waals surface area contributed by atoms with Crippen LogP contribution in [0.4, 0.5) is 5.82 Å². The maximum Gasteiger partial charge on any atom is 0.329 e. The number of carbonyl (C=O) groups excluding carboxylic acids is 4. The molecular formula is C25H32N4O5. The molecule has 3 atom stereocenters. The summed E-state index contributed by atoms with van der Waals surface area (Å²) in [6, 6.07) is 1.32. The Morgan fingerprint density at radius 3 is 2.18 bits per heavy atom. The molecule has 1 N–H and O–H groups in total. The van der Waals surface area contributed by atoms with Crippen molar-refractivity contribution in [3.8, 4) is 6.07 Å². The van der Waals surface area contributed by atoms with E-state index in [1.807, 2.05) is 18.4 Å². The van der Waals surface area contributed by atoms with Crippen molar-refractivity contribution in [2.45, 2.75) is 84.2 Å². The van der Waals surface area contributed by atoms with Gasteiger partial charge in [-0.1, -0.05) is 25.7 Å². The van der Waals surface area contributed by atoms with Crippen molar-refractivity contribution in [2.24, 2.45) is 11.8 Å². The second-order valence-corrected chi connectivity index (χ2v) is 9.73. The predicted molar refractivity (Wildman–Crippen MR) is 122 cm³/mol. The van der Waals surface area contributed by atoms with Crippen LogP contribution < -0.4 is 5.32 Å². The van der Waals surface area contributed by atoms with Gasteiger partial charge in [-0.2, -0.15) is 5.26 Å². The highest BCUT2D eigenvalue weighted by molar-refractivity contribution is 6.08. The largest absolute Gasteiger partial charge is 0.454 e. The van der Waals surface area contributed by atoms with Crippen LogP contribution in [0, 0.1) is 37.0 Å². The first-order chi connectivity index (χ1) is 16.3. The van der Waals surface area contributed by atoms with Gasteiger partial charge in [-0.3, -0.25) is 19.3 Å². The van der Waals surface area contributed by atoms with Crippen LogP contribution in [0.25, 0.3) is 0 Å². The molecule has 1 aromatic rings. The zero-order valence-corrected chi connectivity index (χ0v) is 20.1. The number of amides is 3. The van der Waals surface area contributed by atoms with E-state index in [9.17, 15) is 24.4 Å². The Morgan fingerprint density at radius 2 is 1.62 bits per heavy atom. The van der Waals surface area contributed by atoms with E-state index < -0.39 is 24.5 Å². The Balaban J connectivity index is 1.41. The molecule has 2 unspecified atom stereocenters. The van der Waals surface area contributed by atoms with Crippen molar-refractivity contribution in [1.82, 2.24) is 9.47 Å². The third kappa shape index (κ3) is 4.10. The van der Waals surface area contributed by atoms with Gasteiger partial charge in [-0.15, -0.1) is 0 Å². The molecule has 3 fully saturated rings. The molecule has 1 aliphatic heterocycles. The lowest BCUT2D eigenvalue weighted by molar-refractivity contribution is -0.159. The summed E-state index contributed by atoms with van der Waals surface area (Å²) in [7, 11) is 0. The predicted octanol–water partition coefficient (Wildman–Crippen LogP) is 3.14. The summed E-state index contributed by atoms with van der Waals surface area (Å²) in [6.45, 7) is 4.69. The minimum Gasteiger partial charge on any atom is -0.454 e. The van der Waals surface area contributed by atoms with E-state index in [4.69, 9.17) is 4.74 Å². The van der Waals surface area contributed by atoms with Gasteiger partial charge in [-0.25, -0.2) is 4.79 Å². The summed E-state index contributed by atoms with van der Waals surface area (Å²) in [6.07, 6.45) is 7.29. The molecule has 1 saturated heterocycles. The van der Waals surface area contributed by atoms with E-state index in [1.54, 1.807) is 0 Å². The second-order valence-electron chi connectivity index (χ2n) is 9.73. The first-order valence-corrected chi connectivity index (χ1v) is 12.2. The molecule has 4 rings (SSSR count). The van der Waals surface area contributed by atoms with Crippen LogP contribution in [0.1, 0.15) is 81.2 Å². The van der Waals surface area contributed by atoms with E-state index in [2.05, 4.69) is 11.4 Å². The number of ether oxygens (including phenoxy) is 1. The lowest BCUT2D eigenvalue weighted by Crippen LogP contribution is -2.45. The normalized spacial score (nSPS) is 23.5. The van der Waals surface area contributed by atoms with E-state index in [0.29, 0.717) is 24.2 Å². The number of hydrogen-bond acceptors (Lipinski definition) is 6. The summed E-state index contributed by atoms with van der Waals surface area (Å²) in [4.78, 5) is 51.8. The van der Waals surface area contributed by atoms with Crippen LogP contribution in [-0.4, -0.2) is 45.8 Å². The average Bonchev–Trinajstić information content (AvgIpc) is 3.50. The van der Waals surface area contributed by atoms with Crippen molar-refractivity contribution >= 4 is 29.5 Å². The lowest BCUT2D eigenvalue weighted by Gasteiger charge is -2.22. The van der Waals surface area contributed by atoms with Crippen LogP contribution >= 0.6 is 0 Å². The molecule has 3 aliphatic rings. The third-order valence-corrected chi connectivity index (χ3v) is 7.77. The van der Waals surface area contributed by atoms with Crippen LogP contribution in [0.15, 0.2) is 0 Å². The standard InChI is InChI=1S/C25H32N4O5/c1-14-15(2)28(17-8-4-5-9-17)22(20(14)12-26)27-21(30)13-34-25(33)16(3)29-23(31)18-10-6-7-11-19(18)24(29)32/h16-19H,4-11,13H2,1-3H3,(H,27,30)/t16-,18?,19?/m0/s1. The minimum atomic E-state index is -1.08. The zero-order chi connectivity index (χ0) is 24.6. The lowest BCUT2D eigenvalue weighted by atomic mass is 9.81. The number of imide groups is 1. The molecule has 182 valence electrons. The summed E-state index contributed by atoms with van der Waals surface area (Å²) >= 11 is 0. The number of nitrogens with one attached hydrogen (secondary N) is 1. The topological polar surface area (TPSA) is 122 Å². The Bertz CT molecular complexity index is 1040. The van der Waals surface area contributed by atoms with Gasteiger partial charge in [0.05, 0.1) is 17.4 Å². The highest BCUT2D eigenvalue weighted by Crippen LogP contribution is 2.39. The number of aromatic nitrogens is 1. The van der Waals surface area contributed by atoms with Crippen LogP contribution in [-0.2, 0) is 23.9 Å². The Kier molecular flexibility index (Phi) is 6.78. The van der Waals surface area contributed by atoms with Crippen molar-refractivity contribution in [3.63, 3.8) is 0 Å². The molecule has 3 amide bonds. The van der Waals surface area contributed by atoms with Crippen molar-refractivity contribution in [2.75, 3.05) is 11.9 Å². The highest BCUT2D eigenvalue weighted by atomic mass is 16.5. The SMILES string of the molecule is Cc1c(C#N)c(NC(=O)COC(=O)[C@H](C)N2C(=O)C3CCCCC3C2=O)n(C2CCCC2)c1C. The molecule has 2 aliphatic carbocycles. The number of fused-ring (bicyclic) bond motifs is 1. The van der Waals surface area contributed by atoms with Crippen molar-refractivity contribution in [1.29, 1.82) is 5.26 Å². The van der Waals surface area contributed by atoms with Gasteiger partial charge in [0, 0.05) is 11.7 Å². The van der Waals surface area contributed by atoms with Crippen LogP contribution in [0.3, 0.4) is 0 Å². The second kappa shape index (κ2) is 9.61. The number of carbonyl (C=O) groups is 4. The van der Waals surface area contributed by atoms with Gasteiger partial charge < -0.3 is 14.6 Å². The zero-order valence-electron chi connectivity index (χ0n) is 20.1. The fourth-order valence-electron chi connectivity index (χ4n) is 5.81. The molecule has 34 heavy (non-hydrogen) atoms. The van der Waals surface area contributed by atoms with E-state index in [1.165, 1.54) is 6.92 Å². The molecule has 1 aromatic heterocycles. The van der Waals surface area contributed by atoms with E-state index in [-0.39, 0.29) is 29.7 Å². The number of nitrogens with zero attached hydrogens (tertiary/aromatic N) is 3. The van der Waals surface area contributed by atoms with Gasteiger partial charge in [0.25, 0.3) is 5.91 Å². The van der Waals surface area contributed by atoms with Gasteiger partial charge in [-0.05, 0) is 52.0 Å². The molecule has 2 saturated carbocycles. The summed E-state index contributed by atoms with van der Waals surface area (Å²) in [5.74, 6) is -2.26. The summed E-state index contributed by atoms with van der Waals surface area (Å²) < 4.78 is 7.21. The van der Waals surface area contributed by atoms with E-state index >= 15 is 0 Å². The summed E-state index contributed by atoms with van der Waals surface area (Å²) in [5, 5.41) is 12.4. The quantitative estimate of drug-likeness (QED) is 0.506. The minimum absolute atomic E-state index is 0.217. The smallest absolute Gasteiger partial charge is 0.329 e. The first-order valence-electron chi connectivity index (χ1n) is 12.2. The number of rotatable bonds is 6. The number of likely N-dealkylation sites (tertiary alicyclic amines) is 1. The maximum atomic E-state index is 12.7. The van der Waals surface area contributed by atoms with Gasteiger partial charge >= 0.3 is 5.97 Å². The number of anilines is 1. The average molecular weight is 469 g/mol. The highest BCUT2D eigenvalue weighted by Gasteiger charge is 2.51. The number of hydrogen-bond donors (Lipinski definition) is 1. The number of esters is 1. The van der Waals surface area contributed by atoms with Crippen molar-refractivity contribution in [3.05, 3.63) is 16.8 Å². The molecule has 9 nitrogen and oxygen atoms in total. The summed E-state index contributed by atoms with van der Waals surface area (Å²) in [5.41, 5.74) is 2.17. The first kappa shape index (κ1) is 24.0. The fraction of sp³-hybridized carbons (Fsp3) is 0.640. The van der Waals surface area contributed by atoms with E-state index in [0.717, 1.165) is 54.7 Å². The molecule has 0 spiro atoms. The van der Waals surface area contributed by atoms with Gasteiger partial charge in [0.15, 0.2) is 6.61 Å². The van der Waals surface area contributed by atoms with Crippen LogP contribution in [0.2, 0.25) is 0 Å². The molecule has 0 bridgehead atoms. The molecule has 2 heterocycles. The molecular weight excluding hydrogens is 436 g/mol. The molecule has 0 aromatic carbocycles. The fourth-order valence-corrected chi connectivity index (χ4v) is 5.81. The van der Waals surface area contributed by atoms with Crippen molar-refractivity contribution < 1.29 is 23.9 Å². The Hall–Kier alpha value is -3.15. The Morgan fingerprint density at radius 1 is 1.06 bits per heavy atom. The monoisotopic (exact) mass is 468 g/mol. The van der Waals surface area contributed by atoms with Crippen LogP contribution in [0.5, 0.6) is 0 Å².